The number of hydrogen-bond acceptors (Lipinski definition) is 2. The van der Waals surface area contributed by atoms with Crippen LogP contribution in [0.2, 0.25) is 5.02 Å². The maximum Gasteiger partial charge on any atom is 0.0728 e. The third-order valence-electron chi connectivity index (χ3n) is 2.21. The molecular formula is C10H14ClNO. The predicted molar refractivity (Wildman–Crippen MR) is 54.9 cm³/mol. The molecule has 0 saturated carbocycles. The van der Waals surface area contributed by atoms with Crippen LogP contribution in [0.5, 0.6) is 0 Å². The second-order valence-electron chi connectivity index (χ2n) is 3.11. The number of nitrogens with two attached hydrogens (primary N) is 1. The molecule has 2 atom stereocenters. The van der Waals surface area contributed by atoms with E-state index in [0.29, 0.717) is 5.02 Å². The van der Waals surface area contributed by atoms with E-state index in [9.17, 15) is 5.11 Å². The summed E-state index contributed by atoms with van der Waals surface area (Å²) in [4.78, 5) is 0. The Labute approximate surface area is 83.3 Å². The van der Waals surface area contributed by atoms with Gasteiger partial charge in [0.25, 0.3) is 0 Å². The molecule has 0 heterocycles. The van der Waals surface area contributed by atoms with Crippen molar-refractivity contribution in [3.63, 3.8) is 0 Å². The van der Waals surface area contributed by atoms with Crippen molar-refractivity contribution in [1.29, 1.82) is 0 Å². The first-order valence-electron chi connectivity index (χ1n) is 4.29. The van der Waals surface area contributed by atoms with Crippen molar-refractivity contribution in [2.24, 2.45) is 5.73 Å². The third kappa shape index (κ3) is 2.44. The lowest BCUT2D eigenvalue weighted by molar-refractivity contribution is 0.157. The Kier molecular flexibility index (Phi) is 3.72. The minimum Gasteiger partial charge on any atom is -0.391 e. The molecule has 0 amide bonds. The van der Waals surface area contributed by atoms with Gasteiger partial charge in [0.05, 0.1) is 6.10 Å². The maximum absolute atomic E-state index is 9.52. The van der Waals surface area contributed by atoms with E-state index in [1.807, 2.05) is 31.2 Å². The molecule has 1 aromatic rings. The third-order valence-corrected chi connectivity index (χ3v) is 2.56. The van der Waals surface area contributed by atoms with Crippen molar-refractivity contribution in [1.82, 2.24) is 0 Å². The normalized spacial score (nSPS) is 15.4. The fourth-order valence-corrected chi connectivity index (χ4v) is 1.56. The number of benzene rings is 1. The monoisotopic (exact) mass is 199 g/mol. The van der Waals surface area contributed by atoms with E-state index < -0.39 is 6.10 Å². The molecule has 0 fully saturated rings. The van der Waals surface area contributed by atoms with Crippen LogP contribution in [0.15, 0.2) is 24.3 Å². The Morgan fingerprint density at radius 3 is 2.62 bits per heavy atom. The second kappa shape index (κ2) is 4.61. The van der Waals surface area contributed by atoms with Gasteiger partial charge in [0.1, 0.15) is 0 Å². The Morgan fingerprint density at radius 2 is 2.08 bits per heavy atom. The molecule has 0 bridgehead atoms. The average Bonchev–Trinajstić information content (AvgIpc) is 2.16. The molecule has 0 radical (unpaired) electrons. The van der Waals surface area contributed by atoms with Gasteiger partial charge in [-0.1, -0.05) is 36.7 Å². The van der Waals surface area contributed by atoms with E-state index in [1.54, 1.807) is 0 Å². The van der Waals surface area contributed by atoms with Crippen LogP contribution in [0.4, 0.5) is 0 Å². The zero-order valence-electron chi connectivity index (χ0n) is 7.57. The molecule has 0 saturated heterocycles. The van der Waals surface area contributed by atoms with E-state index in [1.165, 1.54) is 0 Å². The van der Waals surface area contributed by atoms with Crippen LogP contribution in [0, 0.1) is 0 Å². The zero-order chi connectivity index (χ0) is 9.84. The summed E-state index contributed by atoms with van der Waals surface area (Å²) in [6.45, 7) is 2.17. The van der Waals surface area contributed by atoms with Crippen molar-refractivity contribution < 1.29 is 5.11 Å². The molecule has 0 aliphatic heterocycles. The lowest BCUT2D eigenvalue weighted by Gasteiger charge is -2.18. The summed E-state index contributed by atoms with van der Waals surface area (Å²) in [5.74, 6) is -0.0151. The van der Waals surface area contributed by atoms with Crippen molar-refractivity contribution in [2.45, 2.75) is 18.9 Å². The summed E-state index contributed by atoms with van der Waals surface area (Å²) >= 11 is 5.97. The van der Waals surface area contributed by atoms with E-state index in [2.05, 4.69) is 0 Å². The molecular weight excluding hydrogens is 186 g/mol. The molecule has 3 N–H and O–H groups in total. The molecule has 0 aliphatic rings. The first-order chi connectivity index (χ1) is 6.16. The van der Waals surface area contributed by atoms with Crippen molar-refractivity contribution in [3.05, 3.63) is 34.9 Å². The minimum absolute atomic E-state index is 0.0151. The van der Waals surface area contributed by atoms with Crippen LogP contribution in [0.25, 0.3) is 0 Å². The van der Waals surface area contributed by atoms with Gasteiger partial charge in [0, 0.05) is 17.5 Å². The summed E-state index contributed by atoms with van der Waals surface area (Å²) in [6.07, 6.45) is -0.528. The van der Waals surface area contributed by atoms with E-state index in [0.717, 1.165) is 5.56 Å². The van der Waals surface area contributed by atoms with Crippen LogP contribution >= 0.6 is 11.6 Å². The highest BCUT2D eigenvalue weighted by Crippen LogP contribution is 2.25. The van der Waals surface area contributed by atoms with Crippen LogP contribution in [0.3, 0.4) is 0 Å². The van der Waals surface area contributed by atoms with E-state index >= 15 is 0 Å². The first-order valence-corrected chi connectivity index (χ1v) is 4.67. The SMILES string of the molecule is CC(c1ccccc1Cl)C(O)CN. The Bertz CT molecular complexity index is 277. The summed E-state index contributed by atoms with van der Waals surface area (Å²) in [6, 6.07) is 7.50. The molecule has 2 unspecified atom stereocenters. The highest BCUT2D eigenvalue weighted by molar-refractivity contribution is 6.31. The Hall–Kier alpha value is -0.570. The molecule has 1 rings (SSSR count). The van der Waals surface area contributed by atoms with E-state index in [-0.39, 0.29) is 12.5 Å². The molecule has 72 valence electrons. The van der Waals surface area contributed by atoms with Crippen molar-refractivity contribution in [3.8, 4) is 0 Å². The summed E-state index contributed by atoms with van der Waals surface area (Å²) < 4.78 is 0. The van der Waals surface area contributed by atoms with Crippen LogP contribution < -0.4 is 5.73 Å². The molecule has 13 heavy (non-hydrogen) atoms. The smallest absolute Gasteiger partial charge is 0.0728 e. The van der Waals surface area contributed by atoms with Crippen LogP contribution in [0.1, 0.15) is 18.4 Å². The lowest BCUT2D eigenvalue weighted by atomic mass is 9.95. The standard InChI is InChI=1S/C10H14ClNO/c1-7(10(13)6-12)8-4-2-3-5-9(8)11/h2-5,7,10,13H,6,12H2,1H3. The topological polar surface area (TPSA) is 46.2 Å². The average molecular weight is 200 g/mol. The number of aliphatic hydroxyl groups excluding tert-OH is 1. The fourth-order valence-electron chi connectivity index (χ4n) is 1.26. The molecule has 1 aromatic carbocycles. The van der Waals surface area contributed by atoms with Gasteiger partial charge in [0.2, 0.25) is 0 Å². The van der Waals surface area contributed by atoms with Gasteiger partial charge in [-0.3, -0.25) is 0 Å². The summed E-state index contributed by atoms with van der Waals surface area (Å²) in [5.41, 5.74) is 6.31. The van der Waals surface area contributed by atoms with Crippen molar-refractivity contribution in [2.75, 3.05) is 6.54 Å². The summed E-state index contributed by atoms with van der Waals surface area (Å²) in [7, 11) is 0. The molecule has 0 aromatic heterocycles. The Morgan fingerprint density at radius 1 is 1.46 bits per heavy atom. The quantitative estimate of drug-likeness (QED) is 0.780. The number of aliphatic hydroxyl groups is 1. The maximum atomic E-state index is 9.52. The number of hydrogen-bond donors (Lipinski definition) is 2. The zero-order valence-corrected chi connectivity index (χ0v) is 8.33. The van der Waals surface area contributed by atoms with Gasteiger partial charge in [-0.25, -0.2) is 0 Å². The Balaban J connectivity index is 2.88. The number of rotatable bonds is 3. The lowest BCUT2D eigenvalue weighted by Crippen LogP contribution is -2.25. The largest absolute Gasteiger partial charge is 0.391 e. The molecule has 2 nitrogen and oxygen atoms in total. The molecule has 3 heteroatoms. The second-order valence-corrected chi connectivity index (χ2v) is 3.52. The van der Waals surface area contributed by atoms with Crippen LogP contribution in [-0.2, 0) is 0 Å². The van der Waals surface area contributed by atoms with Gasteiger partial charge in [-0.2, -0.15) is 0 Å². The minimum atomic E-state index is -0.528. The highest BCUT2D eigenvalue weighted by Gasteiger charge is 2.16. The van der Waals surface area contributed by atoms with Gasteiger partial charge in [0.15, 0.2) is 0 Å². The van der Waals surface area contributed by atoms with Gasteiger partial charge in [-0.05, 0) is 11.6 Å². The molecule has 0 aliphatic carbocycles. The van der Waals surface area contributed by atoms with Gasteiger partial charge < -0.3 is 10.8 Å². The number of halogens is 1. The predicted octanol–water partition coefficient (Wildman–Crippen LogP) is 1.76. The van der Waals surface area contributed by atoms with Crippen LogP contribution in [-0.4, -0.2) is 17.8 Å². The van der Waals surface area contributed by atoms with Crippen molar-refractivity contribution >= 4 is 11.6 Å². The first kappa shape index (κ1) is 10.5. The summed E-state index contributed by atoms with van der Waals surface area (Å²) in [5, 5.41) is 10.2. The fraction of sp³-hybridized carbons (Fsp3) is 0.400. The highest BCUT2D eigenvalue weighted by atomic mass is 35.5. The van der Waals surface area contributed by atoms with Gasteiger partial charge in [-0.15, -0.1) is 0 Å². The van der Waals surface area contributed by atoms with Gasteiger partial charge >= 0.3 is 0 Å². The molecule has 0 spiro atoms. The van der Waals surface area contributed by atoms with E-state index in [4.69, 9.17) is 17.3 Å².